The van der Waals surface area contributed by atoms with Gasteiger partial charge in [-0.25, -0.2) is 14.2 Å². The smallest absolute Gasteiger partial charge is 0.408 e. The summed E-state index contributed by atoms with van der Waals surface area (Å²) in [6, 6.07) is 11.7. The third-order valence-corrected chi connectivity index (χ3v) is 6.63. The molecule has 0 unspecified atom stereocenters. The van der Waals surface area contributed by atoms with Crippen molar-refractivity contribution in [1.82, 2.24) is 14.9 Å². The molecule has 1 aliphatic rings. The number of nitriles is 1. The Morgan fingerprint density at radius 3 is 2.61 bits per heavy atom. The van der Waals surface area contributed by atoms with Crippen molar-refractivity contribution in [3.63, 3.8) is 0 Å². The first-order valence-corrected chi connectivity index (χ1v) is 12.5. The van der Waals surface area contributed by atoms with Crippen molar-refractivity contribution >= 4 is 29.1 Å². The SMILES string of the molecule is CC(C)(C)N(C(=O)O)[C@H]1CCCC[C@H]1Nc1nc(Nc2cncc(-c3cccc(N)c3)c2)c(C#N)cc1F. The Kier molecular flexibility index (Phi) is 7.67. The van der Waals surface area contributed by atoms with E-state index in [1.165, 1.54) is 4.90 Å². The fourth-order valence-corrected chi connectivity index (χ4v) is 4.98. The molecule has 2 aromatic heterocycles. The van der Waals surface area contributed by atoms with Gasteiger partial charge >= 0.3 is 6.09 Å². The number of hydrogen-bond donors (Lipinski definition) is 4. The van der Waals surface area contributed by atoms with Crippen LogP contribution in [0.2, 0.25) is 0 Å². The summed E-state index contributed by atoms with van der Waals surface area (Å²) in [6.45, 7) is 5.55. The zero-order valence-electron chi connectivity index (χ0n) is 21.7. The minimum absolute atomic E-state index is 0.0319. The number of halogens is 1. The number of benzene rings is 1. The van der Waals surface area contributed by atoms with Crippen molar-refractivity contribution in [3.8, 4) is 17.2 Å². The molecule has 9 nitrogen and oxygen atoms in total. The van der Waals surface area contributed by atoms with Crippen molar-refractivity contribution in [2.75, 3.05) is 16.4 Å². The van der Waals surface area contributed by atoms with Gasteiger partial charge in [0.25, 0.3) is 0 Å². The van der Waals surface area contributed by atoms with Crippen LogP contribution >= 0.6 is 0 Å². The summed E-state index contributed by atoms with van der Waals surface area (Å²) in [7, 11) is 0. The second-order valence-electron chi connectivity index (χ2n) is 10.5. The molecule has 5 N–H and O–H groups in total. The Morgan fingerprint density at radius 2 is 1.92 bits per heavy atom. The molecule has 10 heteroatoms. The highest BCUT2D eigenvalue weighted by Gasteiger charge is 2.39. The molecule has 2 heterocycles. The Bertz CT molecular complexity index is 1370. The average Bonchev–Trinajstić information content (AvgIpc) is 2.86. The molecule has 1 aromatic carbocycles. The molecule has 38 heavy (non-hydrogen) atoms. The molecule has 198 valence electrons. The highest BCUT2D eigenvalue weighted by molar-refractivity contribution is 5.72. The molecule has 0 spiro atoms. The van der Waals surface area contributed by atoms with Gasteiger partial charge < -0.3 is 21.5 Å². The minimum Gasteiger partial charge on any atom is -0.465 e. The molecule has 0 bridgehead atoms. The van der Waals surface area contributed by atoms with Gasteiger partial charge in [-0.2, -0.15) is 5.26 Å². The maximum Gasteiger partial charge on any atom is 0.408 e. The number of nitrogens with zero attached hydrogens (tertiary/aromatic N) is 4. The van der Waals surface area contributed by atoms with E-state index in [-0.39, 0.29) is 29.3 Å². The van der Waals surface area contributed by atoms with Crippen LogP contribution in [0.25, 0.3) is 11.1 Å². The van der Waals surface area contributed by atoms with E-state index in [2.05, 4.69) is 20.6 Å². The van der Waals surface area contributed by atoms with E-state index in [0.717, 1.165) is 30.0 Å². The number of nitrogen functional groups attached to an aromatic ring is 1. The summed E-state index contributed by atoms with van der Waals surface area (Å²) in [5.74, 6) is -0.551. The molecule has 1 amide bonds. The average molecular weight is 518 g/mol. The number of nitrogens with one attached hydrogen (secondary N) is 2. The van der Waals surface area contributed by atoms with Gasteiger partial charge in [-0.15, -0.1) is 0 Å². The van der Waals surface area contributed by atoms with Crippen molar-refractivity contribution in [3.05, 3.63) is 60.2 Å². The van der Waals surface area contributed by atoms with Gasteiger partial charge in [0.05, 0.1) is 23.5 Å². The van der Waals surface area contributed by atoms with Crippen LogP contribution in [-0.2, 0) is 0 Å². The predicted octanol–water partition coefficient (Wildman–Crippen LogP) is 5.98. The topological polar surface area (TPSA) is 140 Å². The van der Waals surface area contributed by atoms with E-state index >= 15 is 4.39 Å². The van der Waals surface area contributed by atoms with E-state index in [4.69, 9.17) is 5.73 Å². The van der Waals surface area contributed by atoms with Crippen LogP contribution in [0.3, 0.4) is 0 Å². The summed E-state index contributed by atoms with van der Waals surface area (Å²) in [5, 5.41) is 25.8. The Hall–Kier alpha value is -4.39. The van der Waals surface area contributed by atoms with E-state index in [1.54, 1.807) is 18.5 Å². The lowest BCUT2D eigenvalue weighted by Gasteiger charge is -2.45. The predicted molar refractivity (Wildman–Crippen MR) is 146 cm³/mol. The van der Waals surface area contributed by atoms with Crippen LogP contribution in [0.1, 0.15) is 52.0 Å². The molecule has 1 aliphatic carbocycles. The molecular weight excluding hydrogens is 485 g/mol. The van der Waals surface area contributed by atoms with E-state index in [0.29, 0.717) is 24.2 Å². The third-order valence-electron chi connectivity index (χ3n) is 6.63. The first-order chi connectivity index (χ1) is 18.1. The highest BCUT2D eigenvalue weighted by atomic mass is 19.1. The number of carbonyl (C=O) groups is 1. The van der Waals surface area contributed by atoms with Crippen LogP contribution in [0, 0.1) is 17.1 Å². The molecule has 2 atom stereocenters. The Balaban J connectivity index is 1.64. The second-order valence-corrected chi connectivity index (χ2v) is 10.5. The number of amides is 1. The zero-order chi connectivity index (χ0) is 27.4. The normalized spacial score (nSPS) is 17.3. The lowest BCUT2D eigenvalue weighted by Crippen LogP contribution is -2.58. The summed E-state index contributed by atoms with van der Waals surface area (Å²) in [4.78, 5) is 22.3. The highest BCUT2D eigenvalue weighted by Crippen LogP contribution is 2.32. The molecule has 0 radical (unpaired) electrons. The quantitative estimate of drug-likeness (QED) is 0.293. The first-order valence-electron chi connectivity index (χ1n) is 12.5. The largest absolute Gasteiger partial charge is 0.465 e. The monoisotopic (exact) mass is 517 g/mol. The molecular formula is C28H32FN7O2. The van der Waals surface area contributed by atoms with Crippen LogP contribution < -0.4 is 16.4 Å². The first kappa shape index (κ1) is 26.7. The fraction of sp³-hybridized carbons (Fsp3) is 0.357. The van der Waals surface area contributed by atoms with E-state index < -0.39 is 17.4 Å². The number of hydrogen-bond acceptors (Lipinski definition) is 7. The number of aromatic nitrogens is 2. The molecule has 1 saturated carbocycles. The molecule has 4 rings (SSSR count). The van der Waals surface area contributed by atoms with Crippen molar-refractivity contribution in [2.45, 2.75) is 64.1 Å². The summed E-state index contributed by atoms with van der Waals surface area (Å²) >= 11 is 0. The Morgan fingerprint density at radius 1 is 1.16 bits per heavy atom. The van der Waals surface area contributed by atoms with Crippen LogP contribution in [0.15, 0.2) is 48.8 Å². The van der Waals surface area contributed by atoms with Gasteiger partial charge in [0.2, 0.25) is 0 Å². The second kappa shape index (κ2) is 10.9. The molecule has 0 aliphatic heterocycles. The number of rotatable bonds is 6. The summed E-state index contributed by atoms with van der Waals surface area (Å²) in [5.41, 5.74) is 8.19. The van der Waals surface area contributed by atoms with Crippen molar-refractivity contribution < 1.29 is 14.3 Å². The Labute approximate surface area is 221 Å². The van der Waals surface area contributed by atoms with Crippen LogP contribution in [0.5, 0.6) is 0 Å². The summed E-state index contributed by atoms with van der Waals surface area (Å²) < 4.78 is 15.1. The molecule has 1 fully saturated rings. The van der Waals surface area contributed by atoms with E-state index in [9.17, 15) is 15.2 Å². The number of anilines is 4. The van der Waals surface area contributed by atoms with Gasteiger partial charge in [0, 0.05) is 29.0 Å². The van der Waals surface area contributed by atoms with Crippen LogP contribution in [-0.4, -0.2) is 43.7 Å². The van der Waals surface area contributed by atoms with Crippen molar-refractivity contribution in [2.24, 2.45) is 0 Å². The lowest BCUT2D eigenvalue weighted by atomic mass is 9.86. The minimum atomic E-state index is -1.01. The molecule has 0 saturated heterocycles. The maximum atomic E-state index is 15.1. The van der Waals surface area contributed by atoms with Crippen molar-refractivity contribution in [1.29, 1.82) is 5.26 Å². The number of nitrogens with two attached hydrogens (primary N) is 1. The maximum absolute atomic E-state index is 15.1. The van der Waals surface area contributed by atoms with Gasteiger partial charge in [-0.3, -0.25) is 9.88 Å². The molecule has 3 aromatic rings. The van der Waals surface area contributed by atoms with Crippen LogP contribution in [0.4, 0.5) is 32.2 Å². The van der Waals surface area contributed by atoms with Gasteiger partial charge in [-0.1, -0.05) is 25.0 Å². The third kappa shape index (κ3) is 5.94. The van der Waals surface area contributed by atoms with E-state index in [1.807, 2.05) is 51.1 Å². The lowest BCUT2D eigenvalue weighted by molar-refractivity contribution is 0.0520. The standard InChI is InChI=1S/C28H32FN7O2/c1-28(2,3)36(27(37)38)24-10-5-4-9-23(24)34-26-22(29)13-18(14-30)25(35-26)33-21-12-19(15-32-16-21)17-7-6-8-20(31)11-17/h6-8,11-13,15-16,23-24H,4-5,9-10,31H2,1-3H3,(H,37,38)(H2,33,34,35)/t23-,24+/m1/s1. The fourth-order valence-electron chi connectivity index (χ4n) is 4.98. The van der Waals surface area contributed by atoms with Gasteiger partial charge in [0.15, 0.2) is 17.5 Å². The zero-order valence-corrected chi connectivity index (χ0v) is 21.7. The number of carboxylic acid groups (broad SMARTS) is 1. The van der Waals surface area contributed by atoms with Gasteiger partial charge in [0.1, 0.15) is 6.07 Å². The summed E-state index contributed by atoms with van der Waals surface area (Å²) in [6.07, 6.45) is 5.36. The number of pyridine rings is 2. The van der Waals surface area contributed by atoms with Gasteiger partial charge in [-0.05, 0) is 63.4 Å².